The number of thiocarbonyl (C=S) groups is 1. The molecule has 0 atom stereocenters. The maximum atomic E-state index is 12.3. The van der Waals surface area contributed by atoms with E-state index in [2.05, 4.69) is 5.32 Å². The van der Waals surface area contributed by atoms with Gasteiger partial charge in [0, 0.05) is 18.7 Å². The molecule has 1 amide bonds. The number of carbonyl (C=O) groups excluding carboxylic acids is 1. The van der Waals surface area contributed by atoms with Crippen molar-refractivity contribution in [3.05, 3.63) is 35.4 Å². The molecule has 20 heavy (non-hydrogen) atoms. The molecule has 2 rings (SSSR count). The first-order valence-electron chi connectivity index (χ1n) is 6.02. The van der Waals surface area contributed by atoms with Crippen molar-refractivity contribution in [2.45, 2.75) is 5.75 Å². The van der Waals surface area contributed by atoms with Gasteiger partial charge in [0.25, 0.3) is 0 Å². The highest BCUT2D eigenvalue weighted by molar-refractivity contribution is 7.88. The number of nitrogens with two attached hydrogens (primary N) is 1. The highest BCUT2D eigenvalue weighted by atomic mass is 32.2. The van der Waals surface area contributed by atoms with E-state index < -0.39 is 10.0 Å². The number of nitrogens with one attached hydrogen (secondary N) is 1. The van der Waals surface area contributed by atoms with Gasteiger partial charge in [-0.25, -0.2) is 8.42 Å². The van der Waals surface area contributed by atoms with Gasteiger partial charge in [-0.1, -0.05) is 36.5 Å². The van der Waals surface area contributed by atoms with Gasteiger partial charge >= 0.3 is 0 Å². The minimum Gasteiger partial charge on any atom is -0.389 e. The molecule has 1 aromatic carbocycles. The third-order valence-electron chi connectivity index (χ3n) is 3.02. The van der Waals surface area contributed by atoms with Crippen molar-refractivity contribution in [3.8, 4) is 0 Å². The molecule has 8 heteroatoms. The summed E-state index contributed by atoms with van der Waals surface area (Å²) >= 11 is 4.92. The Bertz CT molecular complexity index is 643. The summed E-state index contributed by atoms with van der Waals surface area (Å²) in [6.07, 6.45) is 0. The lowest BCUT2D eigenvalue weighted by Gasteiger charge is -2.26. The van der Waals surface area contributed by atoms with Crippen LogP contribution >= 0.6 is 12.2 Å². The van der Waals surface area contributed by atoms with Gasteiger partial charge in [0.2, 0.25) is 15.9 Å². The Balaban J connectivity index is 2.24. The first-order chi connectivity index (χ1) is 9.40. The Hall–Kier alpha value is -1.51. The van der Waals surface area contributed by atoms with Crippen LogP contribution in [0.2, 0.25) is 0 Å². The molecule has 0 saturated carbocycles. The molecule has 6 nitrogen and oxygen atoms in total. The van der Waals surface area contributed by atoms with Crippen LogP contribution in [0.3, 0.4) is 0 Å². The van der Waals surface area contributed by atoms with Gasteiger partial charge in [0.1, 0.15) is 4.99 Å². The standard InChI is InChI=1S/C12H15N3O3S2/c13-12(19)10-4-2-1-3-9(10)8-20(17,18)15-6-5-14-11(16)7-15/h1-4H,5-8H2,(H2,13,19)(H,14,16). The summed E-state index contributed by atoms with van der Waals surface area (Å²) in [7, 11) is -3.57. The molecular formula is C12H15N3O3S2. The molecule has 0 unspecified atom stereocenters. The van der Waals surface area contributed by atoms with Gasteiger partial charge in [-0.15, -0.1) is 0 Å². The van der Waals surface area contributed by atoms with E-state index in [-0.39, 0.29) is 29.7 Å². The molecule has 0 aromatic heterocycles. The maximum absolute atomic E-state index is 12.3. The average molecular weight is 313 g/mol. The van der Waals surface area contributed by atoms with E-state index >= 15 is 0 Å². The number of sulfonamides is 1. The van der Waals surface area contributed by atoms with Gasteiger partial charge in [0.15, 0.2) is 0 Å². The number of nitrogens with zero attached hydrogens (tertiary/aromatic N) is 1. The normalized spacial score (nSPS) is 16.7. The van der Waals surface area contributed by atoms with E-state index in [0.717, 1.165) is 0 Å². The zero-order valence-electron chi connectivity index (χ0n) is 10.7. The second-order valence-corrected chi connectivity index (χ2v) is 6.87. The first kappa shape index (κ1) is 14.9. The molecule has 0 spiro atoms. The van der Waals surface area contributed by atoms with E-state index in [1.165, 1.54) is 4.31 Å². The second-order valence-electron chi connectivity index (χ2n) is 4.46. The van der Waals surface area contributed by atoms with E-state index in [1.54, 1.807) is 24.3 Å². The van der Waals surface area contributed by atoms with E-state index in [1.807, 2.05) is 0 Å². The van der Waals surface area contributed by atoms with Crippen LogP contribution in [0.15, 0.2) is 24.3 Å². The van der Waals surface area contributed by atoms with Crippen molar-refractivity contribution in [2.75, 3.05) is 19.6 Å². The number of rotatable bonds is 4. The number of amides is 1. The molecule has 0 radical (unpaired) electrons. The summed E-state index contributed by atoms with van der Waals surface area (Å²) in [5, 5.41) is 2.59. The van der Waals surface area contributed by atoms with Gasteiger partial charge in [0.05, 0.1) is 12.3 Å². The Morgan fingerprint density at radius 3 is 2.75 bits per heavy atom. The van der Waals surface area contributed by atoms with E-state index in [4.69, 9.17) is 18.0 Å². The van der Waals surface area contributed by atoms with Gasteiger partial charge < -0.3 is 11.1 Å². The van der Waals surface area contributed by atoms with Crippen molar-refractivity contribution in [3.63, 3.8) is 0 Å². The second kappa shape index (κ2) is 5.86. The molecular weight excluding hydrogens is 298 g/mol. The monoisotopic (exact) mass is 313 g/mol. The average Bonchev–Trinajstić information content (AvgIpc) is 2.38. The number of carbonyl (C=O) groups is 1. The van der Waals surface area contributed by atoms with Gasteiger partial charge in [-0.05, 0) is 5.56 Å². The third kappa shape index (κ3) is 3.33. The number of piperazine rings is 1. The van der Waals surface area contributed by atoms with Crippen LogP contribution in [-0.4, -0.2) is 43.3 Å². The van der Waals surface area contributed by atoms with Crippen molar-refractivity contribution in [1.29, 1.82) is 0 Å². The maximum Gasteiger partial charge on any atom is 0.235 e. The smallest absolute Gasteiger partial charge is 0.235 e. The Morgan fingerprint density at radius 2 is 2.10 bits per heavy atom. The highest BCUT2D eigenvalue weighted by Crippen LogP contribution is 2.16. The van der Waals surface area contributed by atoms with Crippen LogP contribution in [0.4, 0.5) is 0 Å². The number of hydrogen-bond donors (Lipinski definition) is 2. The Morgan fingerprint density at radius 1 is 1.40 bits per heavy atom. The van der Waals surface area contributed by atoms with Crippen LogP contribution in [-0.2, 0) is 20.6 Å². The van der Waals surface area contributed by atoms with E-state index in [0.29, 0.717) is 17.7 Å². The summed E-state index contributed by atoms with van der Waals surface area (Å²) in [4.78, 5) is 11.4. The fourth-order valence-corrected chi connectivity index (χ4v) is 3.74. The molecule has 1 heterocycles. The lowest BCUT2D eigenvalue weighted by molar-refractivity contribution is -0.122. The van der Waals surface area contributed by atoms with Crippen molar-refractivity contribution >= 4 is 33.1 Å². The summed E-state index contributed by atoms with van der Waals surface area (Å²) in [5.74, 6) is -0.504. The van der Waals surface area contributed by atoms with E-state index in [9.17, 15) is 13.2 Å². The Labute approximate surface area is 123 Å². The Kier molecular flexibility index (Phi) is 4.36. The molecule has 1 saturated heterocycles. The molecule has 1 aromatic rings. The summed E-state index contributed by atoms with van der Waals surface area (Å²) < 4.78 is 25.9. The SMILES string of the molecule is NC(=S)c1ccccc1CS(=O)(=O)N1CCNC(=O)C1. The van der Waals surface area contributed by atoms with Gasteiger partial charge in [-0.2, -0.15) is 4.31 Å². The lowest BCUT2D eigenvalue weighted by atomic mass is 10.1. The zero-order chi connectivity index (χ0) is 14.8. The molecule has 3 N–H and O–H groups in total. The fourth-order valence-electron chi connectivity index (χ4n) is 2.03. The van der Waals surface area contributed by atoms with Gasteiger partial charge in [-0.3, -0.25) is 4.79 Å². The van der Waals surface area contributed by atoms with Crippen LogP contribution in [0.5, 0.6) is 0 Å². The molecule has 108 valence electrons. The lowest BCUT2D eigenvalue weighted by Crippen LogP contribution is -2.50. The van der Waals surface area contributed by atoms with Crippen LogP contribution < -0.4 is 11.1 Å². The van der Waals surface area contributed by atoms with Crippen LogP contribution in [0, 0.1) is 0 Å². The minimum absolute atomic E-state index is 0.141. The molecule has 0 bridgehead atoms. The predicted octanol–water partition coefficient (Wildman–Crippen LogP) is -0.418. The number of hydrogen-bond acceptors (Lipinski definition) is 4. The van der Waals surface area contributed by atoms with Crippen molar-refractivity contribution < 1.29 is 13.2 Å². The van der Waals surface area contributed by atoms with Crippen LogP contribution in [0.1, 0.15) is 11.1 Å². The molecule has 1 fully saturated rings. The quantitative estimate of drug-likeness (QED) is 0.737. The predicted molar refractivity (Wildman–Crippen MR) is 79.5 cm³/mol. The van der Waals surface area contributed by atoms with Crippen molar-refractivity contribution in [1.82, 2.24) is 9.62 Å². The molecule has 1 aliphatic heterocycles. The first-order valence-corrected chi connectivity index (χ1v) is 8.04. The summed E-state index contributed by atoms with van der Waals surface area (Å²) in [6, 6.07) is 6.85. The highest BCUT2D eigenvalue weighted by Gasteiger charge is 2.28. The zero-order valence-corrected chi connectivity index (χ0v) is 12.3. The summed E-state index contributed by atoms with van der Waals surface area (Å²) in [5.41, 5.74) is 6.69. The third-order valence-corrected chi connectivity index (χ3v) is 5.01. The number of benzene rings is 1. The topological polar surface area (TPSA) is 92.5 Å². The van der Waals surface area contributed by atoms with Crippen molar-refractivity contribution in [2.24, 2.45) is 5.73 Å². The molecule has 1 aliphatic rings. The largest absolute Gasteiger partial charge is 0.389 e. The van der Waals surface area contributed by atoms with Crippen LogP contribution in [0.25, 0.3) is 0 Å². The molecule has 0 aliphatic carbocycles. The summed E-state index contributed by atoms with van der Waals surface area (Å²) in [6.45, 7) is 0.468. The minimum atomic E-state index is -3.57. The fraction of sp³-hybridized carbons (Fsp3) is 0.333.